The van der Waals surface area contributed by atoms with E-state index in [-0.39, 0.29) is 18.1 Å². The van der Waals surface area contributed by atoms with Gasteiger partial charge >= 0.3 is 18.0 Å². The van der Waals surface area contributed by atoms with Crippen molar-refractivity contribution in [3.63, 3.8) is 0 Å². The summed E-state index contributed by atoms with van der Waals surface area (Å²) in [6.45, 7) is -1.40. The van der Waals surface area contributed by atoms with Crippen molar-refractivity contribution in [2.75, 3.05) is 31.6 Å². The summed E-state index contributed by atoms with van der Waals surface area (Å²) in [5.74, 6) is -2.49. The van der Waals surface area contributed by atoms with Gasteiger partial charge < -0.3 is 20.4 Å². The van der Waals surface area contributed by atoms with E-state index in [1.165, 1.54) is 0 Å². The van der Waals surface area contributed by atoms with Gasteiger partial charge in [-0.3, -0.25) is 9.59 Å². The largest absolute Gasteiger partial charge is 0.418 e. The zero-order chi connectivity index (χ0) is 17.6. The number of hydrogen-bond donors (Lipinski definition) is 3. The van der Waals surface area contributed by atoms with E-state index in [1.54, 1.807) is 0 Å². The lowest BCUT2D eigenvalue weighted by Crippen LogP contribution is -2.42. The number of hydrogen-bond acceptors (Lipinski definition) is 4. The number of aliphatic hydroxyl groups is 2. The Bertz CT molecular complexity index is 575. The summed E-state index contributed by atoms with van der Waals surface area (Å²) in [7, 11) is 0. The van der Waals surface area contributed by atoms with Crippen molar-refractivity contribution in [2.24, 2.45) is 0 Å². The summed E-state index contributed by atoms with van der Waals surface area (Å²) in [6.07, 6.45) is -4.77. The Morgan fingerprint density at radius 2 is 1.74 bits per heavy atom. The molecule has 0 aliphatic carbocycles. The fraction of sp³-hybridized carbons (Fsp3) is 0.385. The number of halogens is 4. The van der Waals surface area contributed by atoms with E-state index >= 15 is 0 Å². The van der Waals surface area contributed by atoms with Crippen LogP contribution in [0.2, 0.25) is 5.02 Å². The molecular formula is C13H14ClF3N2O4. The SMILES string of the molecule is O=C(Nc1ccc(Cl)cc1C(F)(F)F)C(=O)N(CCO)CCO. The van der Waals surface area contributed by atoms with E-state index in [2.05, 4.69) is 0 Å². The average Bonchev–Trinajstić information content (AvgIpc) is 2.47. The number of alkyl halides is 3. The van der Waals surface area contributed by atoms with Crippen molar-refractivity contribution in [1.82, 2.24) is 4.90 Å². The van der Waals surface area contributed by atoms with Crippen molar-refractivity contribution in [3.8, 4) is 0 Å². The van der Waals surface area contributed by atoms with Crippen LogP contribution in [0.1, 0.15) is 5.56 Å². The highest BCUT2D eigenvalue weighted by Gasteiger charge is 2.35. The molecule has 6 nitrogen and oxygen atoms in total. The first-order chi connectivity index (χ1) is 10.7. The summed E-state index contributed by atoms with van der Waals surface area (Å²) in [6, 6.07) is 2.69. The highest BCUT2D eigenvalue weighted by Crippen LogP contribution is 2.36. The molecule has 0 spiro atoms. The standard InChI is InChI=1S/C13H14ClF3N2O4/c14-8-1-2-10(9(7-8)13(15,16)17)18-11(22)12(23)19(3-5-20)4-6-21/h1-2,7,20-21H,3-6H2,(H,18,22). The van der Waals surface area contributed by atoms with Crippen LogP contribution in [0.15, 0.2) is 18.2 Å². The van der Waals surface area contributed by atoms with Gasteiger partial charge in [0.2, 0.25) is 0 Å². The van der Waals surface area contributed by atoms with Crippen LogP contribution in [0.5, 0.6) is 0 Å². The summed E-state index contributed by atoms with van der Waals surface area (Å²) in [4.78, 5) is 24.5. The van der Waals surface area contributed by atoms with Crippen LogP contribution in [-0.4, -0.2) is 53.2 Å². The Balaban J connectivity index is 2.99. The van der Waals surface area contributed by atoms with Gasteiger partial charge in [-0.25, -0.2) is 0 Å². The number of carbonyl (C=O) groups excluding carboxylic acids is 2. The van der Waals surface area contributed by atoms with E-state index in [0.717, 1.165) is 17.0 Å². The highest BCUT2D eigenvalue weighted by atomic mass is 35.5. The molecule has 0 aliphatic rings. The maximum absolute atomic E-state index is 12.9. The second kappa shape index (κ2) is 8.14. The Kier molecular flexibility index (Phi) is 6.79. The molecule has 0 aliphatic heterocycles. The second-order valence-corrected chi connectivity index (χ2v) is 4.82. The number of amides is 2. The lowest BCUT2D eigenvalue weighted by Gasteiger charge is -2.20. The van der Waals surface area contributed by atoms with Crippen molar-refractivity contribution >= 4 is 29.1 Å². The molecule has 1 rings (SSSR count). The van der Waals surface area contributed by atoms with Gasteiger partial charge in [-0.05, 0) is 18.2 Å². The molecule has 0 aromatic heterocycles. The first kappa shape index (κ1) is 19.2. The number of rotatable bonds is 5. The Morgan fingerprint density at radius 3 is 2.22 bits per heavy atom. The molecule has 1 aromatic rings. The molecular weight excluding hydrogens is 341 g/mol. The molecule has 0 atom stereocenters. The van der Waals surface area contributed by atoms with Gasteiger partial charge in [0.1, 0.15) is 0 Å². The molecule has 0 radical (unpaired) electrons. The van der Waals surface area contributed by atoms with E-state index in [1.807, 2.05) is 5.32 Å². The van der Waals surface area contributed by atoms with Gasteiger partial charge in [0.25, 0.3) is 0 Å². The van der Waals surface area contributed by atoms with Gasteiger partial charge in [0.15, 0.2) is 0 Å². The van der Waals surface area contributed by atoms with Crippen LogP contribution < -0.4 is 5.32 Å². The molecule has 23 heavy (non-hydrogen) atoms. The molecule has 10 heteroatoms. The number of benzene rings is 1. The first-order valence-electron chi connectivity index (χ1n) is 6.39. The molecule has 0 saturated carbocycles. The molecule has 3 N–H and O–H groups in total. The van der Waals surface area contributed by atoms with Gasteiger partial charge in [0, 0.05) is 18.1 Å². The van der Waals surface area contributed by atoms with Gasteiger partial charge in [-0.2, -0.15) is 13.2 Å². The van der Waals surface area contributed by atoms with Gasteiger partial charge in [-0.15, -0.1) is 0 Å². The highest BCUT2D eigenvalue weighted by molar-refractivity contribution is 6.39. The Labute approximate surface area is 134 Å². The summed E-state index contributed by atoms with van der Waals surface area (Å²) >= 11 is 5.51. The monoisotopic (exact) mass is 354 g/mol. The predicted octanol–water partition coefficient (Wildman–Crippen LogP) is 1.11. The van der Waals surface area contributed by atoms with Crippen molar-refractivity contribution in [3.05, 3.63) is 28.8 Å². The third kappa shape index (κ3) is 5.38. The van der Waals surface area contributed by atoms with Crippen LogP contribution in [0.3, 0.4) is 0 Å². The number of nitrogens with one attached hydrogen (secondary N) is 1. The Hall–Kier alpha value is -1.84. The lowest BCUT2D eigenvalue weighted by molar-refractivity contribution is -0.144. The van der Waals surface area contributed by atoms with E-state index in [4.69, 9.17) is 21.8 Å². The van der Waals surface area contributed by atoms with E-state index in [9.17, 15) is 22.8 Å². The average molecular weight is 355 g/mol. The van der Waals surface area contributed by atoms with Gasteiger partial charge in [0.05, 0.1) is 24.5 Å². The van der Waals surface area contributed by atoms with Gasteiger partial charge in [-0.1, -0.05) is 11.6 Å². The fourth-order valence-corrected chi connectivity index (χ4v) is 1.91. The zero-order valence-electron chi connectivity index (χ0n) is 11.7. The first-order valence-corrected chi connectivity index (χ1v) is 6.77. The minimum atomic E-state index is -4.77. The summed E-state index contributed by atoms with van der Waals surface area (Å²) < 4.78 is 38.7. The van der Waals surface area contributed by atoms with Crippen molar-refractivity contribution < 1.29 is 33.0 Å². The zero-order valence-corrected chi connectivity index (χ0v) is 12.5. The number of carbonyl (C=O) groups is 2. The summed E-state index contributed by atoms with van der Waals surface area (Å²) in [5.41, 5.74) is -1.81. The third-order valence-electron chi connectivity index (χ3n) is 2.76. The third-order valence-corrected chi connectivity index (χ3v) is 2.99. The van der Waals surface area contributed by atoms with Crippen LogP contribution in [0.25, 0.3) is 0 Å². The normalized spacial score (nSPS) is 11.2. The molecule has 0 unspecified atom stereocenters. The van der Waals surface area contributed by atoms with E-state index in [0.29, 0.717) is 6.07 Å². The van der Waals surface area contributed by atoms with Crippen molar-refractivity contribution in [1.29, 1.82) is 0 Å². The minimum absolute atomic E-state index is 0.177. The van der Waals surface area contributed by atoms with Crippen molar-refractivity contribution in [2.45, 2.75) is 6.18 Å². The molecule has 0 fully saturated rings. The summed E-state index contributed by atoms with van der Waals surface area (Å²) in [5, 5.41) is 19.3. The number of anilines is 1. The Morgan fingerprint density at radius 1 is 1.17 bits per heavy atom. The quantitative estimate of drug-likeness (QED) is 0.691. The number of aliphatic hydroxyl groups excluding tert-OH is 2. The van der Waals surface area contributed by atoms with Crippen LogP contribution in [-0.2, 0) is 15.8 Å². The predicted molar refractivity (Wildman–Crippen MR) is 75.8 cm³/mol. The minimum Gasteiger partial charge on any atom is -0.395 e. The molecule has 1 aromatic carbocycles. The van der Waals surface area contributed by atoms with E-state index < -0.39 is 42.5 Å². The molecule has 0 saturated heterocycles. The topological polar surface area (TPSA) is 89.9 Å². The van der Waals surface area contributed by atoms with Crippen LogP contribution in [0, 0.1) is 0 Å². The fourth-order valence-electron chi connectivity index (χ4n) is 1.74. The molecule has 0 bridgehead atoms. The smallest absolute Gasteiger partial charge is 0.395 e. The van der Waals surface area contributed by atoms with Crippen LogP contribution in [0.4, 0.5) is 18.9 Å². The second-order valence-electron chi connectivity index (χ2n) is 4.38. The molecule has 0 heterocycles. The lowest BCUT2D eigenvalue weighted by atomic mass is 10.1. The maximum atomic E-state index is 12.9. The molecule has 128 valence electrons. The maximum Gasteiger partial charge on any atom is 0.418 e. The van der Waals surface area contributed by atoms with Crippen LogP contribution >= 0.6 is 11.6 Å². The molecule has 2 amide bonds. The number of nitrogens with zero attached hydrogens (tertiary/aromatic N) is 1.